The van der Waals surface area contributed by atoms with Crippen LogP contribution in [0.5, 0.6) is 0 Å². The van der Waals surface area contributed by atoms with E-state index in [0.717, 1.165) is 38.5 Å². The quantitative estimate of drug-likeness (QED) is 0.541. The normalized spacial score (nSPS) is 29.7. The van der Waals surface area contributed by atoms with Gasteiger partial charge in [-0.1, -0.05) is 38.5 Å². The van der Waals surface area contributed by atoms with Crippen molar-refractivity contribution < 1.29 is 28.5 Å². The molecule has 1 aliphatic carbocycles. The second-order valence-electron chi connectivity index (χ2n) is 8.06. The number of methoxy groups -OCH3 is 2. The largest absolute Gasteiger partial charge is 0.468 e. The van der Waals surface area contributed by atoms with Crippen LogP contribution in [-0.2, 0) is 28.5 Å². The average Bonchev–Trinajstić information content (AvgIpc) is 2.92. The minimum Gasteiger partial charge on any atom is -0.468 e. The molecule has 0 amide bonds. The zero-order valence-electron chi connectivity index (χ0n) is 17.3. The molecule has 3 atom stereocenters. The molecule has 0 bridgehead atoms. The van der Waals surface area contributed by atoms with Crippen molar-refractivity contribution in [2.24, 2.45) is 11.8 Å². The number of esters is 2. The maximum Gasteiger partial charge on any atom is 0.320 e. The summed E-state index contributed by atoms with van der Waals surface area (Å²) >= 11 is 0. The fourth-order valence-corrected chi connectivity index (χ4v) is 4.42. The van der Waals surface area contributed by atoms with E-state index in [1.807, 2.05) is 13.8 Å². The molecule has 156 valence electrons. The maximum atomic E-state index is 12.4. The van der Waals surface area contributed by atoms with E-state index in [9.17, 15) is 9.59 Å². The molecule has 1 saturated heterocycles. The van der Waals surface area contributed by atoms with Crippen LogP contribution in [0.25, 0.3) is 0 Å². The summed E-state index contributed by atoms with van der Waals surface area (Å²) in [6.07, 6.45) is 9.94. The van der Waals surface area contributed by atoms with E-state index in [1.165, 1.54) is 33.5 Å². The smallest absolute Gasteiger partial charge is 0.320 e. The highest BCUT2D eigenvalue weighted by molar-refractivity contribution is 5.95. The molecule has 0 aromatic heterocycles. The van der Waals surface area contributed by atoms with Gasteiger partial charge in [0.2, 0.25) is 0 Å². The fraction of sp³-hybridized carbons (Fsp3) is 0.905. The second kappa shape index (κ2) is 10.4. The summed E-state index contributed by atoms with van der Waals surface area (Å²) in [6.45, 7) is 4.03. The van der Waals surface area contributed by atoms with Crippen LogP contribution < -0.4 is 0 Å². The van der Waals surface area contributed by atoms with E-state index in [0.29, 0.717) is 6.42 Å². The Morgan fingerprint density at radius 2 is 1.33 bits per heavy atom. The van der Waals surface area contributed by atoms with Crippen molar-refractivity contribution in [3.63, 3.8) is 0 Å². The van der Waals surface area contributed by atoms with E-state index < -0.39 is 23.6 Å². The minimum absolute atomic E-state index is 0.00624. The van der Waals surface area contributed by atoms with Crippen LogP contribution >= 0.6 is 0 Å². The van der Waals surface area contributed by atoms with E-state index in [1.54, 1.807) is 0 Å². The Balaban J connectivity index is 2.28. The highest BCUT2D eigenvalue weighted by Gasteiger charge is 2.48. The molecule has 1 heterocycles. The first kappa shape index (κ1) is 22.2. The standard InChI is InChI=1S/C21H36O6/c1-15-16(2)27-21(26-15)13-11-9-7-5-6-8-10-12-17(14-21)18(19(22)24-3)20(23)25-4/h15-18H,5-14H2,1-4H3/t15-,16-,17?/m1/s1. The number of hydrogen-bond donors (Lipinski definition) is 0. The molecule has 2 rings (SSSR count). The number of carbonyl (C=O) groups is 2. The van der Waals surface area contributed by atoms with Crippen molar-refractivity contribution in [2.45, 2.75) is 96.1 Å². The molecule has 0 radical (unpaired) electrons. The molecule has 6 nitrogen and oxygen atoms in total. The van der Waals surface area contributed by atoms with E-state index in [4.69, 9.17) is 18.9 Å². The van der Waals surface area contributed by atoms with Crippen molar-refractivity contribution in [3.8, 4) is 0 Å². The summed E-state index contributed by atoms with van der Waals surface area (Å²) in [5.74, 6) is -2.95. The third kappa shape index (κ3) is 5.92. The third-order valence-electron chi connectivity index (χ3n) is 6.05. The highest BCUT2D eigenvalue weighted by Crippen LogP contribution is 2.42. The Hall–Kier alpha value is -1.14. The lowest BCUT2D eigenvalue weighted by Crippen LogP contribution is -2.41. The van der Waals surface area contributed by atoms with E-state index in [2.05, 4.69) is 0 Å². The molecule has 6 heteroatoms. The van der Waals surface area contributed by atoms with Crippen molar-refractivity contribution in [1.29, 1.82) is 0 Å². The lowest BCUT2D eigenvalue weighted by atomic mass is 9.80. The van der Waals surface area contributed by atoms with E-state index >= 15 is 0 Å². The Labute approximate surface area is 163 Å². The summed E-state index contributed by atoms with van der Waals surface area (Å²) in [4.78, 5) is 24.8. The summed E-state index contributed by atoms with van der Waals surface area (Å²) in [6, 6.07) is 0. The Bertz CT molecular complexity index is 465. The monoisotopic (exact) mass is 384 g/mol. The number of carbonyl (C=O) groups excluding carboxylic acids is 2. The van der Waals surface area contributed by atoms with Crippen molar-refractivity contribution >= 4 is 11.9 Å². The first-order chi connectivity index (χ1) is 12.9. The van der Waals surface area contributed by atoms with Gasteiger partial charge in [0.25, 0.3) is 0 Å². The van der Waals surface area contributed by atoms with Gasteiger partial charge in [-0.3, -0.25) is 9.59 Å². The molecular weight excluding hydrogens is 348 g/mol. The number of hydrogen-bond acceptors (Lipinski definition) is 6. The van der Waals surface area contributed by atoms with Crippen molar-refractivity contribution in [1.82, 2.24) is 0 Å². The predicted molar refractivity (Wildman–Crippen MR) is 101 cm³/mol. The first-order valence-corrected chi connectivity index (χ1v) is 10.4. The SMILES string of the molecule is COC(=O)C(C(=O)OC)C1CCCCCCCCCC2(C1)O[C@H](C)[C@@H](C)O2. The maximum absolute atomic E-state index is 12.4. The molecule has 1 aliphatic heterocycles. The second-order valence-corrected chi connectivity index (χ2v) is 8.06. The third-order valence-corrected chi connectivity index (χ3v) is 6.05. The van der Waals surface area contributed by atoms with Crippen molar-refractivity contribution in [3.05, 3.63) is 0 Å². The number of rotatable bonds is 3. The van der Waals surface area contributed by atoms with Crippen LogP contribution in [0.1, 0.15) is 78.1 Å². The van der Waals surface area contributed by atoms with Gasteiger partial charge in [0.05, 0.1) is 26.4 Å². The lowest BCUT2D eigenvalue weighted by molar-refractivity contribution is -0.197. The van der Waals surface area contributed by atoms with Crippen LogP contribution in [0.2, 0.25) is 0 Å². The molecular formula is C21H36O6. The van der Waals surface area contributed by atoms with Crippen molar-refractivity contribution in [2.75, 3.05) is 14.2 Å². The van der Waals surface area contributed by atoms with Gasteiger partial charge in [-0.2, -0.15) is 0 Å². The summed E-state index contributed by atoms with van der Waals surface area (Å²) in [5, 5.41) is 0. The molecule has 0 aromatic carbocycles. The zero-order valence-corrected chi connectivity index (χ0v) is 17.3. The van der Waals surface area contributed by atoms with Crippen LogP contribution in [0.4, 0.5) is 0 Å². The summed E-state index contributed by atoms with van der Waals surface area (Å²) in [5.41, 5.74) is 0. The lowest BCUT2D eigenvalue weighted by Gasteiger charge is -2.34. The molecule has 0 N–H and O–H groups in total. The van der Waals surface area contributed by atoms with Crippen LogP contribution in [-0.4, -0.2) is 44.2 Å². The Morgan fingerprint density at radius 1 is 0.852 bits per heavy atom. The molecule has 27 heavy (non-hydrogen) atoms. The predicted octanol–water partition coefficient (Wildman–Crippen LogP) is 4.00. The van der Waals surface area contributed by atoms with Crippen LogP contribution in [0.3, 0.4) is 0 Å². The Kier molecular flexibility index (Phi) is 8.55. The van der Waals surface area contributed by atoms with Gasteiger partial charge in [-0.15, -0.1) is 0 Å². The van der Waals surface area contributed by atoms with Gasteiger partial charge in [-0.05, 0) is 32.6 Å². The Morgan fingerprint density at radius 3 is 1.85 bits per heavy atom. The molecule has 1 unspecified atom stereocenters. The van der Waals surface area contributed by atoms with Crippen LogP contribution in [0, 0.1) is 11.8 Å². The van der Waals surface area contributed by atoms with Gasteiger partial charge >= 0.3 is 11.9 Å². The van der Waals surface area contributed by atoms with E-state index in [-0.39, 0.29) is 18.1 Å². The van der Waals surface area contributed by atoms with Gasteiger partial charge in [0.1, 0.15) is 0 Å². The molecule has 1 saturated carbocycles. The first-order valence-electron chi connectivity index (χ1n) is 10.4. The summed E-state index contributed by atoms with van der Waals surface area (Å²) < 4.78 is 22.4. The highest BCUT2D eigenvalue weighted by atomic mass is 16.8. The van der Waals surface area contributed by atoms with Crippen LogP contribution in [0.15, 0.2) is 0 Å². The van der Waals surface area contributed by atoms with Gasteiger partial charge < -0.3 is 18.9 Å². The van der Waals surface area contributed by atoms with Gasteiger partial charge in [-0.25, -0.2) is 0 Å². The number of ether oxygens (including phenoxy) is 4. The minimum atomic E-state index is -0.932. The fourth-order valence-electron chi connectivity index (χ4n) is 4.42. The molecule has 1 spiro atoms. The van der Waals surface area contributed by atoms with Gasteiger partial charge in [0.15, 0.2) is 11.7 Å². The zero-order chi connectivity index (χ0) is 19.9. The topological polar surface area (TPSA) is 71.1 Å². The molecule has 0 aromatic rings. The molecule has 2 aliphatic rings. The summed E-state index contributed by atoms with van der Waals surface area (Å²) in [7, 11) is 2.63. The average molecular weight is 385 g/mol. The van der Waals surface area contributed by atoms with Gasteiger partial charge in [0, 0.05) is 12.8 Å². The molecule has 2 fully saturated rings.